The number of hydrazone groups is 1. The number of nitrogens with one attached hydrogen (secondary N) is 1. The van der Waals surface area contributed by atoms with Gasteiger partial charge >= 0.3 is 0 Å². The van der Waals surface area contributed by atoms with Crippen LogP contribution in [0.2, 0.25) is 0 Å². The molecule has 1 unspecified atom stereocenters. The topological polar surface area (TPSA) is 24.4 Å². The molecule has 0 aromatic heterocycles. The summed E-state index contributed by atoms with van der Waals surface area (Å²) in [6, 6.07) is 0.417. The van der Waals surface area contributed by atoms with E-state index >= 15 is 0 Å². The zero-order chi connectivity index (χ0) is 8.32. The molecule has 0 radical (unpaired) electrons. The maximum Gasteiger partial charge on any atom is 0.0628 e. The summed E-state index contributed by atoms with van der Waals surface area (Å²) < 4.78 is 0. The molecule has 0 aliphatic carbocycles. The Morgan fingerprint density at radius 3 is 2.64 bits per heavy atom. The van der Waals surface area contributed by atoms with Gasteiger partial charge in [0.1, 0.15) is 0 Å². The molecule has 2 nitrogen and oxygen atoms in total. The van der Waals surface area contributed by atoms with E-state index < -0.39 is 0 Å². The van der Waals surface area contributed by atoms with Crippen LogP contribution in [0.4, 0.5) is 0 Å². The second-order valence-corrected chi connectivity index (χ2v) is 4.16. The van der Waals surface area contributed by atoms with Gasteiger partial charge in [-0.05, 0) is 17.9 Å². The van der Waals surface area contributed by atoms with Crippen LogP contribution in [0.3, 0.4) is 0 Å². The number of allylic oxidation sites excluding steroid dienone is 1. The van der Waals surface area contributed by atoms with Crippen LogP contribution in [0.5, 0.6) is 0 Å². The van der Waals surface area contributed by atoms with Crippen molar-refractivity contribution in [2.45, 2.75) is 33.2 Å². The highest BCUT2D eigenvalue weighted by molar-refractivity contribution is 5.71. The molecule has 11 heavy (non-hydrogen) atoms. The summed E-state index contributed by atoms with van der Waals surface area (Å²) in [7, 11) is 0. The Hall–Kier alpha value is -0.790. The second-order valence-electron chi connectivity index (χ2n) is 4.16. The highest BCUT2D eigenvalue weighted by Gasteiger charge is 2.16. The first-order valence-corrected chi connectivity index (χ1v) is 4.03. The molecule has 0 fully saturated rings. The largest absolute Gasteiger partial charge is 0.303 e. The summed E-state index contributed by atoms with van der Waals surface area (Å²) in [5.74, 6) is 0. The zero-order valence-electron chi connectivity index (χ0n) is 7.46. The van der Waals surface area contributed by atoms with Crippen LogP contribution < -0.4 is 5.43 Å². The fourth-order valence-corrected chi connectivity index (χ4v) is 1.18. The Morgan fingerprint density at radius 1 is 1.45 bits per heavy atom. The minimum atomic E-state index is 0.370. The number of hydrogen-bond donors (Lipinski definition) is 1. The highest BCUT2D eigenvalue weighted by Crippen LogP contribution is 2.21. The standard InChI is InChI=1S/C9H16N2/c1-9(2,3)7-8-5-4-6-10-11-8/h4-6,8,11H,7H2,1-3H3. The molecule has 0 aromatic rings. The Balaban J connectivity index is 2.39. The Bertz CT molecular complexity index is 174. The van der Waals surface area contributed by atoms with E-state index in [1.54, 1.807) is 6.21 Å². The fraction of sp³-hybridized carbons (Fsp3) is 0.667. The van der Waals surface area contributed by atoms with Gasteiger partial charge in [-0.25, -0.2) is 0 Å². The van der Waals surface area contributed by atoms with E-state index in [2.05, 4.69) is 37.4 Å². The lowest BCUT2D eigenvalue weighted by Gasteiger charge is -2.24. The SMILES string of the molecule is CC(C)(C)CC1C=CC=NN1. The van der Waals surface area contributed by atoms with Crippen molar-refractivity contribution in [3.05, 3.63) is 12.2 Å². The van der Waals surface area contributed by atoms with Gasteiger partial charge in [0.25, 0.3) is 0 Å². The van der Waals surface area contributed by atoms with E-state index in [-0.39, 0.29) is 0 Å². The minimum Gasteiger partial charge on any atom is -0.303 e. The zero-order valence-corrected chi connectivity index (χ0v) is 7.46. The maximum atomic E-state index is 3.98. The van der Waals surface area contributed by atoms with Gasteiger partial charge < -0.3 is 5.43 Å². The molecule has 1 N–H and O–H groups in total. The van der Waals surface area contributed by atoms with Gasteiger partial charge in [0.15, 0.2) is 0 Å². The van der Waals surface area contributed by atoms with Crippen molar-refractivity contribution in [3.63, 3.8) is 0 Å². The smallest absolute Gasteiger partial charge is 0.0628 e. The van der Waals surface area contributed by atoms with Crippen LogP contribution in [-0.2, 0) is 0 Å². The highest BCUT2D eigenvalue weighted by atomic mass is 15.3. The van der Waals surface area contributed by atoms with E-state index in [4.69, 9.17) is 0 Å². The third-order valence-electron chi connectivity index (χ3n) is 1.58. The Morgan fingerprint density at radius 2 is 2.18 bits per heavy atom. The van der Waals surface area contributed by atoms with Crippen molar-refractivity contribution >= 4 is 6.21 Å². The van der Waals surface area contributed by atoms with Crippen LogP contribution in [0.1, 0.15) is 27.2 Å². The quantitative estimate of drug-likeness (QED) is 0.610. The van der Waals surface area contributed by atoms with E-state index in [0.29, 0.717) is 11.5 Å². The molecule has 0 saturated carbocycles. The summed E-state index contributed by atoms with van der Waals surface area (Å²) in [4.78, 5) is 0. The van der Waals surface area contributed by atoms with Crippen molar-refractivity contribution < 1.29 is 0 Å². The van der Waals surface area contributed by atoms with Gasteiger partial charge in [0.2, 0.25) is 0 Å². The molecule has 1 heterocycles. The Kier molecular flexibility index (Phi) is 2.32. The molecule has 0 spiro atoms. The van der Waals surface area contributed by atoms with Gasteiger partial charge in [-0.1, -0.05) is 26.8 Å². The molecule has 62 valence electrons. The van der Waals surface area contributed by atoms with Crippen molar-refractivity contribution in [1.29, 1.82) is 0 Å². The molecule has 0 aromatic carbocycles. The number of nitrogens with zero attached hydrogens (tertiary/aromatic N) is 1. The lowest BCUT2D eigenvalue weighted by atomic mass is 9.88. The van der Waals surface area contributed by atoms with Gasteiger partial charge in [-0.3, -0.25) is 0 Å². The predicted molar refractivity (Wildman–Crippen MR) is 48.6 cm³/mol. The summed E-state index contributed by atoms with van der Waals surface area (Å²) >= 11 is 0. The van der Waals surface area contributed by atoms with Crippen LogP contribution in [0.15, 0.2) is 17.3 Å². The molecule has 1 rings (SSSR count). The average Bonchev–Trinajstić information content (AvgIpc) is 1.85. The summed E-state index contributed by atoms with van der Waals surface area (Å²) in [6.45, 7) is 6.71. The van der Waals surface area contributed by atoms with Gasteiger partial charge in [0, 0.05) is 6.21 Å². The van der Waals surface area contributed by atoms with Crippen molar-refractivity contribution in [1.82, 2.24) is 5.43 Å². The van der Waals surface area contributed by atoms with Gasteiger partial charge in [-0.2, -0.15) is 5.10 Å². The molecule has 2 heteroatoms. The molecular weight excluding hydrogens is 136 g/mol. The first kappa shape index (κ1) is 8.31. The van der Waals surface area contributed by atoms with Crippen molar-refractivity contribution in [2.24, 2.45) is 10.5 Å². The van der Waals surface area contributed by atoms with Crippen molar-refractivity contribution in [3.8, 4) is 0 Å². The van der Waals surface area contributed by atoms with Gasteiger partial charge in [-0.15, -0.1) is 0 Å². The van der Waals surface area contributed by atoms with Crippen LogP contribution in [0.25, 0.3) is 0 Å². The lowest BCUT2D eigenvalue weighted by Crippen LogP contribution is -2.29. The Labute approximate surface area is 68.4 Å². The van der Waals surface area contributed by atoms with Gasteiger partial charge in [0.05, 0.1) is 6.04 Å². The average molecular weight is 152 g/mol. The molecule has 0 saturated heterocycles. The van der Waals surface area contributed by atoms with E-state index in [1.165, 1.54) is 0 Å². The second kappa shape index (κ2) is 3.07. The van der Waals surface area contributed by atoms with Crippen LogP contribution >= 0.6 is 0 Å². The summed E-state index contributed by atoms with van der Waals surface area (Å²) in [6.07, 6.45) is 7.05. The summed E-state index contributed by atoms with van der Waals surface area (Å²) in [5, 5.41) is 3.98. The van der Waals surface area contributed by atoms with E-state index in [9.17, 15) is 0 Å². The van der Waals surface area contributed by atoms with Crippen molar-refractivity contribution in [2.75, 3.05) is 0 Å². The molecule has 0 bridgehead atoms. The lowest BCUT2D eigenvalue weighted by molar-refractivity contribution is 0.337. The third kappa shape index (κ3) is 3.21. The van der Waals surface area contributed by atoms with E-state index in [1.807, 2.05) is 6.08 Å². The van der Waals surface area contributed by atoms with Crippen LogP contribution in [0, 0.1) is 5.41 Å². The first-order chi connectivity index (χ1) is 5.08. The van der Waals surface area contributed by atoms with Crippen LogP contribution in [-0.4, -0.2) is 12.3 Å². The molecule has 1 aliphatic heterocycles. The number of hydrogen-bond acceptors (Lipinski definition) is 2. The maximum absolute atomic E-state index is 3.98. The first-order valence-electron chi connectivity index (χ1n) is 4.03. The molecule has 1 aliphatic rings. The molecule has 1 atom stereocenters. The summed E-state index contributed by atoms with van der Waals surface area (Å²) in [5.41, 5.74) is 3.43. The minimum absolute atomic E-state index is 0.370. The molecular formula is C9H16N2. The van der Waals surface area contributed by atoms with E-state index in [0.717, 1.165) is 6.42 Å². The normalized spacial score (nSPS) is 23.4. The third-order valence-corrected chi connectivity index (χ3v) is 1.58. The fourth-order valence-electron chi connectivity index (χ4n) is 1.18. The monoisotopic (exact) mass is 152 g/mol. The number of rotatable bonds is 1. The molecule has 0 amide bonds. The predicted octanol–water partition coefficient (Wildman–Crippen LogP) is 1.94.